The summed E-state index contributed by atoms with van der Waals surface area (Å²) < 4.78 is 2.05. The number of aromatic nitrogens is 4. The van der Waals surface area contributed by atoms with Gasteiger partial charge < -0.3 is 20.1 Å². The molecule has 9 nitrogen and oxygen atoms in total. The number of piperidine rings is 1. The number of hydrogen-bond acceptors (Lipinski definition) is 7. The fourth-order valence-electron chi connectivity index (χ4n) is 4.97. The maximum Gasteiger partial charge on any atom is 0.227 e. The topological polar surface area (TPSA) is 91.2 Å². The summed E-state index contributed by atoms with van der Waals surface area (Å²) in [7, 11) is 0. The van der Waals surface area contributed by atoms with Crippen LogP contribution >= 0.6 is 0 Å². The fourth-order valence-corrected chi connectivity index (χ4v) is 4.97. The van der Waals surface area contributed by atoms with Gasteiger partial charge in [-0.15, -0.1) is 0 Å². The smallest absolute Gasteiger partial charge is 0.227 e. The molecule has 9 heteroatoms. The Morgan fingerprint density at radius 1 is 1.06 bits per heavy atom. The van der Waals surface area contributed by atoms with Crippen molar-refractivity contribution in [3.05, 3.63) is 42.2 Å². The van der Waals surface area contributed by atoms with E-state index in [0.29, 0.717) is 31.5 Å². The lowest BCUT2D eigenvalue weighted by Gasteiger charge is -2.32. The minimum absolute atomic E-state index is 0.246. The molecule has 35 heavy (non-hydrogen) atoms. The Kier molecular flexibility index (Phi) is 7.42. The Morgan fingerprint density at radius 3 is 2.63 bits per heavy atom. The highest BCUT2D eigenvalue weighted by atomic mass is 16.2. The van der Waals surface area contributed by atoms with Gasteiger partial charge in [-0.1, -0.05) is 37.3 Å². The zero-order valence-electron chi connectivity index (χ0n) is 20.6. The van der Waals surface area contributed by atoms with Crippen LogP contribution < -0.4 is 10.6 Å². The molecule has 2 aromatic heterocycles. The zero-order chi connectivity index (χ0) is 24.0. The molecule has 0 bridgehead atoms. The average molecular weight is 477 g/mol. The van der Waals surface area contributed by atoms with E-state index in [1.165, 1.54) is 5.56 Å². The number of imidazole rings is 1. The van der Waals surface area contributed by atoms with Crippen LogP contribution in [-0.4, -0.2) is 74.0 Å². The van der Waals surface area contributed by atoms with Gasteiger partial charge in [0.2, 0.25) is 11.9 Å². The molecular weight excluding hydrogens is 440 g/mol. The lowest BCUT2D eigenvalue weighted by molar-refractivity contribution is -0.127. The molecule has 2 saturated heterocycles. The molecule has 1 amide bonds. The first-order valence-corrected chi connectivity index (χ1v) is 13.0. The van der Waals surface area contributed by atoms with Gasteiger partial charge in [0, 0.05) is 58.3 Å². The van der Waals surface area contributed by atoms with E-state index < -0.39 is 0 Å². The van der Waals surface area contributed by atoms with Gasteiger partial charge in [0.15, 0.2) is 17.0 Å². The Hall–Kier alpha value is -3.20. The third kappa shape index (κ3) is 5.73. The summed E-state index contributed by atoms with van der Waals surface area (Å²) in [6.07, 6.45) is 6.56. The van der Waals surface area contributed by atoms with E-state index in [2.05, 4.69) is 57.8 Å². The van der Waals surface area contributed by atoms with Crippen molar-refractivity contribution in [3.63, 3.8) is 0 Å². The van der Waals surface area contributed by atoms with Crippen molar-refractivity contribution < 1.29 is 4.79 Å². The van der Waals surface area contributed by atoms with Crippen molar-refractivity contribution >= 4 is 28.8 Å². The molecule has 0 radical (unpaired) electrons. The van der Waals surface area contributed by atoms with Crippen LogP contribution in [0.4, 0.5) is 11.8 Å². The molecule has 5 rings (SSSR count). The summed E-state index contributed by atoms with van der Waals surface area (Å²) in [6, 6.07) is 11.0. The van der Waals surface area contributed by atoms with Crippen molar-refractivity contribution in [3.8, 4) is 0 Å². The summed E-state index contributed by atoms with van der Waals surface area (Å²) in [5.74, 6) is 1.67. The summed E-state index contributed by atoms with van der Waals surface area (Å²) in [5, 5.41) is 7.03. The molecule has 2 N–H and O–H groups in total. The van der Waals surface area contributed by atoms with Crippen LogP contribution in [0.25, 0.3) is 11.2 Å². The van der Waals surface area contributed by atoms with Crippen LogP contribution in [0.2, 0.25) is 0 Å². The van der Waals surface area contributed by atoms with Crippen LogP contribution in [0.3, 0.4) is 0 Å². The maximum atomic E-state index is 12.0. The van der Waals surface area contributed by atoms with Crippen LogP contribution in [-0.2, 0) is 17.9 Å². The van der Waals surface area contributed by atoms with Crippen LogP contribution in [0.15, 0.2) is 36.7 Å². The molecule has 2 aliphatic heterocycles. The van der Waals surface area contributed by atoms with Crippen molar-refractivity contribution in [2.75, 3.05) is 43.4 Å². The summed E-state index contributed by atoms with van der Waals surface area (Å²) in [6.45, 7) is 8.30. The van der Waals surface area contributed by atoms with E-state index in [-0.39, 0.29) is 5.91 Å². The third-order valence-corrected chi connectivity index (χ3v) is 6.96. The van der Waals surface area contributed by atoms with Crippen LogP contribution in [0, 0.1) is 0 Å². The highest BCUT2D eigenvalue weighted by molar-refractivity contribution is 5.84. The number of nitrogens with one attached hydrogen (secondary N) is 2. The normalized spacial score (nSPS) is 17.4. The summed E-state index contributed by atoms with van der Waals surface area (Å²) in [5.41, 5.74) is 2.96. The van der Waals surface area contributed by atoms with E-state index in [1.54, 1.807) is 0 Å². The molecule has 0 aliphatic carbocycles. The largest absolute Gasteiger partial charge is 0.368 e. The molecule has 3 aromatic rings. The van der Waals surface area contributed by atoms with Crippen molar-refractivity contribution in [2.24, 2.45) is 0 Å². The number of anilines is 2. The van der Waals surface area contributed by atoms with Gasteiger partial charge >= 0.3 is 0 Å². The Morgan fingerprint density at radius 2 is 1.89 bits per heavy atom. The number of hydrogen-bond donors (Lipinski definition) is 2. The first kappa shape index (κ1) is 23.5. The van der Waals surface area contributed by atoms with Gasteiger partial charge in [-0.3, -0.25) is 9.69 Å². The lowest BCUT2D eigenvalue weighted by atomic mass is 10.0. The maximum absolute atomic E-state index is 12.0. The molecular formula is C26H36N8O. The minimum atomic E-state index is 0.246. The molecule has 2 aliphatic rings. The number of carbonyl (C=O) groups excluding carboxylic acids is 1. The van der Waals surface area contributed by atoms with Crippen LogP contribution in [0.5, 0.6) is 0 Å². The zero-order valence-corrected chi connectivity index (χ0v) is 20.6. The Labute approximate surface area is 206 Å². The fraction of sp³-hybridized carbons (Fsp3) is 0.538. The number of rotatable bonds is 10. The van der Waals surface area contributed by atoms with Gasteiger partial charge in [-0.25, -0.2) is 4.98 Å². The first-order valence-electron chi connectivity index (χ1n) is 13.0. The van der Waals surface area contributed by atoms with Gasteiger partial charge in [0.25, 0.3) is 0 Å². The highest BCUT2D eigenvalue weighted by Gasteiger charge is 2.23. The summed E-state index contributed by atoms with van der Waals surface area (Å²) >= 11 is 0. The lowest BCUT2D eigenvalue weighted by Crippen LogP contribution is -2.39. The number of carbonyl (C=O) groups is 1. The number of benzene rings is 1. The van der Waals surface area contributed by atoms with Crippen molar-refractivity contribution in [2.45, 2.75) is 58.2 Å². The average Bonchev–Trinajstić information content (AvgIpc) is 3.48. The number of fused-ring (bicyclic) bond motifs is 1. The van der Waals surface area contributed by atoms with Crippen LogP contribution in [0.1, 0.15) is 44.6 Å². The number of likely N-dealkylation sites (tertiary alicyclic amines) is 2. The predicted molar refractivity (Wildman–Crippen MR) is 138 cm³/mol. The molecule has 0 atom stereocenters. The second-order valence-electron chi connectivity index (χ2n) is 9.60. The van der Waals surface area contributed by atoms with E-state index in [9.17, 15) is 4.79 Å². The molecule has 0 spiro atoms. The number of nitrogens with zero attached hydrogens (tertiary/aromatic N) is 6. The standard InChI is InChI=1S/C26H36N8O/c1-2-12-27-24-23-25(34(19-28-23)17-16-33-13-6-9-22(33)35)31-26(30-24)29-21-10-14-32(15-11-21)18-20-7-4-3-5-8-20/h3-5,7-8,19,21H,2,6,9-18H2,1H3,(H2,27,29,30,31). The minimum Gasteiger partial charge on any atom is -0.368 e. The quantitative estimate of drug-likeness (QED) is 0.464. The second-order valence-corrected chi connectivity index (χ2v) is 9.60. The second kappa shape index (κ2) is 11.0. The molecule has 0 saturated carbocycles. The van der Waals surface area contributed by atoms with E-state index in [0.717, 1.165) is 75.4 Å². The molecule has 186 valence electrons. The van der Waals surface area contributed by atoms with E-state index in [4.69, 9.17) is 9.97 Å². The van der Waals surface area contributed by atoms with Crippen molar-refractivity contribution in [1.82, 2.24) is 29.3 Å². The van der Waals surface area contributed by atoms with Gasteiger partial charge in [0.1, 0.15) is 0 Å². The molecule has 1 aromatic carbocycles. The van der Waals surface area contributed by atoms with E-state index in [1.807, 2.05) is 15.8 Å². The number of amides is 1. The first-order chi connectivity index (χ1) is 17.2. The van der Waals surface area contributed by atoms with Gasteiger partial charge in [-0.05, 0) is 31.2 Å². The monoisotopic (exact) mass is 476 g/mol. The summed E-state index contributed by atoms with van der Waals surface area (Å²) in [4.78, 5) is 30.7. The molecule has 4 heterocycles. The third-order valence-electron chi connectivity index (χ3n) is 6.96. The highest BCUT2D eigenvalue weighted by Crippen LogP contribution is 2.23. The van der Waals surface area contributed by atoms with E-state index >= 15 is 0 Å². The Balaban J connectivity index is 1.26. The van der Waals surface area contributed by atoms with Gasteiger partial charge in [-0.2, -0.15) is 9.97 Å². The SMILES string of the molecule is CCCNc1nc(NC2CCN(Cc3ccccc3)CC2)nc2c1ncn2CCN1CCCC1=O. The van der Waals surface area contributed by atoms with Gasteiger partial charge in [0.05, 0.1) is 6.33 Å². The molecule has 2 fully saturated rings. The predicted octanol–water partition coefficient (Wildman–Crippen LogP) is 3.35. The van der Waals surface area contributed by atoms with Crippen molar-refractivity contribution in [1.29, 1.82) is 0 Å². The molecule has 0 unspecified atom stereocenters. The Bertz CT molecular complexity index is 1120.